The lowest BCUT2D eigenvalue weighted by Gasteiger charge is -2.21. The summed E-state index contributed by atoms with van der Waals surface area (Å²) in [4.78, 5) is 0. The largest absolute Gasteiger partial charge is 0.497 e. The van der Waals surface area contributed by atoms with Gasteiger partial charge in [0.15, 0.2) is 0 Å². The molecule has 2 nitrogen and oxygen atoms in total. The molecule has 2 aromatic carbocycles. The first-order valence-electron chi connectivity index (χ1n) is 6.58. The molecule has 0 heterocycles. The monoisotopic (exact) mass is 403 g/mol. The summed E-state index contributed by atoms with van der Waals surface area (Å²) in [7, 11) is 1.50. The lowest BCUT2D eigenvalue weighted by molar-refractivity contribution is 0.410. The van der Waals surface area contributed by atoms with Gasteiger partial charge >= 0.3 is 0 Å². The highest BCUT2D eigenvalue weighted by Gasteiger charge is 2.20. The standard InChI is InChI=1S/C16H16F2INO/c1-3-20-16(13-6-4-10(17)8-15(13)19)12-7-5-11(21-2)9-14(12)18/h4-9,16,20H,3H2,1-2H3. The SMILES string of the molecule is CCNC(c1ccc(OC)cc1F)c1ccc(F)cc1I. The van der Waals surface area contributed by atoms with Gasteiger partial charge in [-0.25, -0.2) is 8.78 Å². The molecule has 0 spiro atoms. The van der Waals surface area contributed by atoms with E-state index >= 15 is 0 Å². The molecule has 0 aliphatic carbocycles. The normalized spacial score (nSPS) is 12.2. The van der Waals surface area contributed by atoms with Crippen LogP contribution in [0.3, 0.4) is 0 Å². The van der Waals surface area contributed by atoms with Crippen LogP contribution < -0.4 is 10.1 Å². The van der Waals surface area contributed by atoms with E-state index in [-0.39, 0.29) is 17.7 Å². The summed E-state index contributed by atoms with van der Waals surface area (Å²) in [6.45, 7) is 2.62. The second-order valence-electron chi connectivity index (χ2n) is 4.54. The van der Waals surface area contributed by atoms with Gasteiger partial charge in [0, 0.05) is 15.2 Å². The zero-order valence-electron chi connectivity index (χ0n) is 11.8. The number of benzene rings is 2. The molecule has 2 aromatic rings. The fourth-order valence-electron chi connectivity index (χ4n) is 2.20. The first kappa shape index (κ1) is 16.2. The molecule has 0 saturated carbocycles. The first-order chi connectivity index (χ1) is 10.1. The zero-order valence-corrected chi connectivity index (χ0v) is 13.9. The van der Waals surface area contributed by atoms with Gasteiger partial charge in [0.1, 0.15) is 17.4 Å². The summed E-state index contributed by atoms with van der Waals surface area (Å²) in [6, 6.07) is 8.98. The Hall–Kier alpha value is -1.21. The number of nitrogens with one attached hydrogen (secondary N) is 1. The Balaban J connectivity index is 2.48. The van der Waals surface area contributed by atoms with Crippen molar-refractivity contribution in [2.45, 2.75) is 13.0 Å². The summed E-state index contributed by atoms with van der Waals surface area (Å²) in [5.74, 6) is -0.172. The van der Waals surface area contributed by atoms with Crippen molar-refractivity contribution in [2.24, 2.45) is 0 Å². The fourth-order valence-corrected chi connectivity index (χ4v) is 2.98. The third-order valence-corrected chi connectivity index (χ3v) is 4.13. The molecule has 1 atom stereocenters. The van der Waals surface area contributed by atoms with E-state index in [1.807, 2.05) is 6.92 Å². The molecule has 0 bridgehead atoms. The van der Waals surface area contributed by atoms with Crippen molar-refractivity contribution in [3.05, 3.63) is 62.7 Å². The number of hydrogen-bond acceptors (Lipinski definition) is 2. The molecular formula is C16H16F2INO. The Labute approximate surface area is 136 Å². The molecule has 0 aliphatic heterocycles. The van der Waals surface area contributed by atoms with Crippen molar-refractivity contribution in [3.63, 3.8) is 0 Å². The lowest BCUT2D eigenvalue weighted by Crippen LogP contribution is -2.24. The van der Waals surface area contributed by atoms with Gasteiger partial charge in [-0.15, -0.1) is 0 Å². The van der Waals surface area contributed by atoms with Crippen molar-refractivity contribution in [3.8, 4) is 5.75 Å². The van der Waals surface area contributed by atoms with E-state index in [4.69, 9.17) is 4.74 Å². The van der Waals surface area contributed by atoms with E-state index in [1.54, 1.807) is 18.2 Å². The average Bonchev–Trinajstić information content (AvgIpc) is 2.46. The highest BCUT2D eigenvalue weighted by Crippen LogP contribution is 2.30. The molecule has 112 valence electrons. The van der Waals surface area contributed by atoms with Crippen LogP contribution in [0.25, 0.3) is 0 Å². The lowest BCUT2D eigenvalue weighted by atomic mass is 9.98. The number of rotatable bonds is 5. The van der Waals surface area contributed by atoms with E-state index in [0.29, 0.717) is 17.9 Å². The topological polar surface area (TPSA) is 21.3 Å². The minimum Gasteiger partial charge on any atom is -0.497 e. The smallest absolute Gasteiger partial charge is 0.132 e. The maximum Gasteiger partial charge on any atom is 0.132 e. The van der Waals surface area contributed by atoms with Gasteiger partial charge in [-0.1, -0.05) is 19.1 Å². The van der Waals surface area contributed by atoms with Crippen LogP contribution in [0.5, 0.6) is 5.75 Å². The van der Waals surface area contributed by atoms with E-state index in [9.17, 15) is 8.78 Å². The number of methoxy groups -OCH3 is 1. The minimum atomic E-state index is -0.347. The molecule has 2 rings (SSSR count). The van der Waals surface area contributed by atoms with Crippen LogP contribution in [-0.4, -0.2) is 13.7 Å². The van der Waals surface area contributed by atoms with Gasteiger partial charge in [-0.3, -0.25) is 0 Å². The summed E-state index contributed by atoms with van der Waals surface area (Å²) in [5, 5.41) is 3.25. The molecule has 1 N–H and O–H groups in total. The predicted octanol–water partition coefficient (Wildman–Crippen LogP) is 4.28. The van der Waals surface area contributed by atoms with E-state index in [0.717, 1.165) is 9.13 Å². The van der Waals surface area contributed by atoms with Crippen LogP contribution in [0.4, 0.5) is 8.78 Å². The number of hydrogen-bond donors (Lipinski definition) is 1. The molecule has 0 fully saturated rings. The van der Waals surface area contributed by atoms with Crippen molar-refractivity contribution < 1.29 is 13.5 Å². The first-order valence-corrected chi connectivity index (χ1v) is 7.66. The van der Waals surface area contributed by atoms with Crippen LogP contribution in [0.2, 0.25) is 0 Å². The van der Waals surface area contributed by atoms with Gasteiger partial charge in [-0.2, -0.15) is 0 Å². The second-order valence-corrected chi connectivity index (χ2v) is 5.71. The molecule has 0 saturated heterocycles. The van der Waals surface area contributed by atoms with Gasteiger partial charge < -0.3 is 10.1 Å². The third kappa shape index (κ3) is 3.71. The minimum absolute atomic E-state index is 0.298. The Kier molecular flexibility index (Phi) is 5.52. The number of halogens is 3. The van der Waals surface area contributed by atoms with E-state index in [1.165, 1.54) is 25.3 Å². The van der Waals surface area contributed by atoms with Crippen molar-refractivity contribution >= 4 is 22.6 Å². The van der Waals surface area contributed by atoms with Crippen molar-refractivity contribution in [1.82, 2.24) is 5.32 Å². The molecule has 0 aliphatic rings. The summed E-state index contributed by atoms with van der Waals surface area (Å²) < 4.78 is 33.4. The van der Waals surface area contributed by atoms with Crippen LogP contribution in [0.15, 0.2) is 36.4 Å². The summed E-state index contributed by atoms with van der Waals surface area (Å²) in [6.07, 6.45) is 0. The Morgan fingerprint density at radius 1 is 1.14 bits per heavy atom. The van der Waals surface area contributed by atoms with Gasteiger partial charge in [0.05, 0.1) is 13.2 Å². The van der Waals surface area contributed by atoms with E-state index < -0.39 is 0 Å². The summed E-state index contributed by atoms with van der Waals surface area (Å²) in [5.41, 5.74) is 1.37. The molecule has 21 heavy (non-hydrogen) atoms. The maximum atomic E-state index is 14.3. The third-order valence-electron chi connectivity index (χ3n) is 3.20. The van der Waals surface area contributed by atoms with Gasteiger partial charge in [-0.05, 0) is 52.9 Å². The van der Waals surface area contributed by atoms with Crippen LogP contribution in [0, 0.1) is 15.2 Å². The second kappa shape index (κ2) is 7.17. The van der Waals surface area contributed by atoms with Crippen LogP contribution in [0.1, 0.15) is 24.1 Å². The maximum absolute atomic E-state index is 14.3. The molecule has 0 radical (unpaired) electrons. The van der Waals surface area contributed by atoms with E-state index in [2.05, 4.69) is 27.9 Å². The fraction of sp³-hybridized carbons (Fsp3) is 0.250. The Morgan fingerprint density at radius 3 is 2.43 bits per heavy atom. The zero-order chi connectivity index (χ0) is 15.4. The van der Waals surface area contributed by atoms with Crippen LogP contribution in [-0.2, 0) is 0 Å². The Morgan fingerprint density at radius 2 is 1.86 bits per heavy atom. The van der Waals surface area contributed by atoms with Crippen molar-refractivity contribution in [1.29, 1.82) is 0 Å². The predicted molar refractivity (Wildman–Crippen MR) is 87.6 cm³/mol. The molecular weight excluding hydrogens is 387 g/mol. The quantitative estimate of drug-likeness (QED) is 0.753. The van der Waals surface area contributed by atoms with Crippen LogP contribution >= 0.6 is 22.6 Å². The highest BCUT2D eigenvalue weighted by molar-refractivity contribution is 14.1. The van der Waals surface area contributed by atoms with Gasteiger partial charge in [0.2, 0.25) is 0 Å². The summed E-state index contributed by atoms with van der Waals surface area (Å²) >= 11 is 2.07. The molecule has 0 aromatic heterocycles. The molecule has 0 amide bonds. The Bertz CT molecular complexity index is 634. The molecule has 1 unspecified atom stereocenters. The van der Waals surface area contributed by atoms with Gasteiger partial charge in [0.25, 0.3) is 0 Å². The highest BCUT2D eigenvalue weighted by atomic mass is 127. The van der Waals surface area contributed by atoms with Crippen molar-refractivity contribution in [2.75, 3.05) is 13.7 Å². The number of ether oxygens (including phenoxy) is 1. The average molecular weight is 403 g/mol. The molecule has 5 heteroatoms.